The van der Waals surface area contributed by atoms with Crippen LogP contribution in [0.15, 0.2) is 42.5 Å². The summed E-state index contributed by atoms with van der Waals surface area (Å²) in [5, 5.41) is 2.86. The van der Waals surface area contributed by atoms with Crippen molar-refractivity contribution < 1.29 is 22.7 Å². The summed E-state index contributed by atoms with van der Waals surface area (Å²) in [6, 6.07) is 10.5. The van der Waals surface area contributed by atoms with E-state index in [9.17, 15) is 18.0 Å². The number of ether oxygens (including phenoxy) is 1. The van der Waals surface area contributed by atoms with Crippen molar-refractivity contribution in [1.29, 1.82) is 0 Å². The van der Waals surface area contributed by atoms with Crippen LogP contribution in [0.3, 0.4) is 0 Å². The van der Waals surface area contributed by atoms with Crippen molar-refractivity contribution >= 4 is 56.5 Å². The second kappa shape index (κ2) is 8.60. The van der Waals surface area contributed by atoms with Crippen LogP contribution in [0.4, 0.5) is 11.4 Å². The van der Waals surface area contributed by atoms with Crippen LogP contribution in [0, 0.1) is 0 Å². The predicted octanol–water partition coefficient (Wildman–Crippen LogP) is 3.18. The lowest BCUT2D eigenvalue weighted by molar-refractivity contribution is -0.114. The minimum Gasteiger partial charge on any atom is -0.465 e. The first-order valence-corrected chi connectivity index (χ1v) is 10.1. The van der Waals surface area contributed by atoms with Gasteiger partial charge in [-0.2, -0.15) is 0 Å². The molecular formula is C17H16Cl2N2O5S. The molecule has 0 aliphatic rings. The van der Waals surface area contributed by atoms with Crippen LogP contribution < -0.4 is 9.62 Å². The number of amides is 1. The first-order valence-electron chi connectivity index (χ1n) is 7.53. The van der Waals surface area contributed by atoms with Gasteiger partial charge in [0.2, 0.25) is 15.9 Å². The molecule has 27 heavy (non-hydrogen) atoms. The molecule has 144 valence electrons. The minimum absolute atomic E-state index is 0.150. The molecule has 0 bridgehead atoms. The van der Waals surface area contributed by atoms with Crippen LogP contribution in [0.25, 0.3) is 0 Å². The second-order valence-corrected chi connectivity index (χ2v) is 8.18. The monoisotopic (exact) mass is 430 g/mol. The summed E-state index contributed by atoms with van der Waals surface area (Å²) in [7, 11) is -2.56. The lowest BCUT2D eigenvalue weighted by Gasteiger charge is -2.23. The number of nitrogens with one attached hydrogen (secondary N) is 1. The molecule has 1 amide bonds. The molecule has 0 fully saturated rings. The van der Waals surface area contributed by atoms with Crippen LogP contribution in [0.1, 0.15) is 10.4 Å². The number of methoxy groups -OCH3 is 1. The lowest BCUT2D eigenvalue weighted by Crippen LogP contribution is -2.37. The highest BCUT2D eigenvalue weighted by molar-refractivity contribution is 7.92. The fourth-order valence-corrected chi connectivity index (χ4v) is 3.54. The van der Waals surface area contributed by atoms with Gasteiger partial charge in [0.25, 0.3) is 0 Å². The molecule has 0 spiro atoms. The number of carbonyl (C=O) groups excluding carboxylic acids is 2. The summed E-state index contributed by atoms with van der Waals surface area (Å²) < 4.78 is 29.7. The van der Waals surface area contributed by atoms with E-state index in [0.717, 1.165) is 10.6 Å². The molecule has 2 aromatic carbocycles. The summed E-state index contributed by atoms with van der Waals surface area (Å²) in [5.41, 5.74) is 0.506. The molecule has 10 heteroatoms. The average Bonchev–Trinajstić information content (AvgIpc) is 2.60. The molecule has 0 radical (unpaired) electrons. The number of esters is 1. The number of nitrogens with zero attached hydrogens (tertiary/aromatic N) is 1. The maximum Gasteiger partial charge on any atom is 0.337 e. The molecule has 7 nitrogen and oxygen atoms in total. The lowest BCUT2D eigenvalue weighted by atomic mass is 10.2. The van der Waals surface area contributed by atoms with Crippen molar-refractivity contribution in [2.75, 3.05) is 29.5 Å². The number of rotatable bonds is 6. The van der Waals surface area contributed by atoms with Crippen molar-refractivity contribution in [3.05, 3.63) is 58.1 Å². The first kappa shape index (κ1) is 21.0. The first-order chi connectivity index (χ1) is 12.6. The Balaban J connectivity index is 2.27. The van der Waals surface area contributed by atoms with Gasteiger partial charge < -0.3 is 10.1 Å². The average molecular weight is 431 g/mol. The molecule has 0 aliphatic carbocycles. The Hall–Kier alpha value is -2.29. The van der Waals surface area contributed by atoms with Gasteiger partial charge in [0.15, 0.2) is 0 Å². The van der Waals surface area contributed by atoms with E-state index < -0.39 is 28.4 Å². The quantitative estimate of drug-likeness (QED) is 0.710. The van der Waals surface area contributed by atoms with Crippen molar-refractivity contribution in [1.82, 2.24) is 0 Å². The van der Waals surface area contributed by atoms with Crippen LogP contribution >= 0.6 is 23.2 Å². The summed E-state index contributed by atoms with van der Waals surface area (Å²) in [6.07, 6.45) is 0.967. The SMILES string of the molecule is COC(=O)c1ccc(Cl)c(NC(=O)CN(c2ccccc2Cl)S(C)(=O)=O)c1. The Bertz CT molecular complexity index is 979. The number of carbonyl (C=O) groups is 2. The molecule has 2 rings (SSSR count). The van der Waals surface area contributed by atoms with E-state index in [4.69, 9.17) is 23.2 Å². The van der Waals surface area contributed by atoms with Crippen LogP contribution in [0.2, 0.25) is 10.0 Å². The molecule has 0 unspecified atom stereocenters. The van der Waals surface area contributed by atoms with Gasteiger partial charge in [-0.15, -0.1) is 0 Å². The number of sulfonamides is 1. The third kappa shape index (κ3) is 5.35. The highest BCUT2D eigenvalue weighted by Gasteiger charge is 2.23. The number of anilines is 2. The summed E-state index contributed by atoms with van der Waals surface area (Å²) in [4.78, 5) is 24.0. The van der Waals surface area contributed by atoms with E-state index in [2.05, 4.69) is 10.1 Å². The highest BCUT2D eigenvalue weighted by atomic mass is 35.5. The van der Waals surface area contributed by atoms with E-state index in [1.165, 1.54) is 37.4 Å². The smallest absolute Gasteiger partial charge is 0.337 e. The fraction of sp³-hybridized carbons (Fsp3) is 0.176. The van der Waals surface area contributed by atoms with Gasteiger partial charge in [-0.25, -0.2) is 13.2 Å². The third-order valence-electron chi connectivity index (χ3n) is 3.47. The van der Waals surface area contributed by atoms with Gasteiger partial charge in [-0.05, 0) is 30.3 Å². The molecule has 0 aromatic heterocycles. The molecule has 0 aliphatic heterocycles. The predicted molar refractivity (Wildman–Crippen MR) is 105 cm³/mol. The fourth-order valence-electron chi connectivity index (χ4n) is 2.22. The van der Waals surface area contributed by atoms with E-state index >= 15 is 0 Å². The number of para-hydroxylation sites is 1. The second-order valence-electron chi connectivity index (χ2n) is 5.46. The zero-order chi connectivity index (χ0) is 20.2. The zero-order valence-corrected chi connectivity index (χ0v) is 16.7. The summed E-state index contributed by atoms with van der Waals surface area (Å²) in [6.45, 7) is -0.526. The van der Waals surface area contributed by atoms with Gasteiger partial charge in [0, 0.05) is 0 Å². The molecule has 0 heterocycles. The Morgan fingerprint density at radius 2 is 1.78 bits per heavy atom. The van der Waals surface area contributed by atoms with Gasteiger partial charge in [-0.3, -0.25) is 9.10 Å². The standard InChI is InChI=1S/C17H16Cl2N2O5S/c1-26-17(23)11-7-8-12(18)14(9-11)20-16(22)10-21(27(2,24)25)15-6-4-3-5-13(15)19/h3-9H,10H2,1-2H3,(H,20,22). The van der Waals surface area contributed by atoms with E-state index in [0.29, 0.717) is 0 Å². The van der Waals surface area contributed by atoms with E-state index in [1.807, 2.05) is 0 Å². The summed E-state index contributed by atoms with van der Waals surface area (Å²) in [5.74, 6) is -1.26. The van der Waals surface area contributed by atoms with Gasteiger partial charge in [0.05, 0.1) is 40.3 Å². The van der Waals surface area contributed by atoms with Crippen LogP contribution in [0.5, 0.6) is 0 Å². The maximum atomic E-state index is 12.4. The molecule has 0 atom stereocenters. The molecular weight excluding hydrogens is 415 g/mol. The third-order valence-corrected chi connectivity index (χ3v) is 5.25. The number of hydrogen-bond donors (Lipinski definition) is 1. The number of hydrogen-bond acceptors (Lipinski definition) is 5. The Kier molecular flexibility index (Phi) is 6.69. The van der Waals surface area contributed by atoms with Crippen molar-refractivity contribution in [2.45, 2.75) is 0 Å². The molecule has 2 aromatic rings. The van der Waals surface area contributed by atoms with E-state index in [-0.39, 0.29) is 27.0 Å². The maximum absolute atomic E-state index is 12.4. The zero-order valence-electron chi connectivity index (χ0n) is 14.4. The van der Waals surface area contributed by atoms with Crippen LogP contribution in [-0.4, -0.2) is 40.2 Å². The van der Waals surface area contributed by atoms with Crippen molar-refractivity contribution in [3.8, 4) is 0 Å². The Morgan fingerprint density at radius 1 is 1.11 bits per heavy atom. The number of halogens is 2. The Morgan fingerprint density at radius 3 is 2.37 bits per heavy atom. The topological polar surface area (TPSA) is 92.8 Å². The molecule has 0 saturated carbocycles. The summed E-state index contributed by atoms with van der Waals surface area (Å²) >= 11 is 12.1. The van der Waals surface area contributed by atoms with Gasteiger partial charge in [-0.1, -0.05) is 35.3 Å². The minimum atomic E-state index is -3.78. The normalized spacial score (nSPS) is 11.0. The number of benzene rings is 2. The molecule has 1 N–H and O–H groups in total. The Labute approximate surface area is 166 Å². The molecule has 0 saturated heterocycles. The van der Waals surface area contributed by atoms with Crippen LogP contribution in [-0.2, 0) is 19.6 Å². The van der Waals surface area contributed by atoms with Gasteiger partial charge in [0.1, 0.15) is 6.54 Å². The van der Waals surface area contributed by atoms with Crippen molar-refractivity contribution in [3.63, 3.8) is 0 Å². The highest BCUT2D eigenvalue weighted by Crippen LogP contribution is 2.28. The van der Waals surface area contributed by atoms with Gasteiger partial charge >= 0.3 is 5.97 Å². The van der Waals surface area contributed by atoms with Crippen molar-refractivity contribution in [2.24, 2.45) is 0 Å². The largest absolute Gasteiger partial charge is 0.465 e. The van der Waals surface area contributed by atoms with E-state index in [1.54, 1.807) is 12.1 Å².